The molecule has 6 nitrogen and oxygen atoms in total. The summed E-state index contributed by atoms with van der Waals surface area (Å²) in [4.78, 5) is 26.2. The number of aromatic nitrogens is 1. The van der Waals surface area contributed by atoms with Crippen LogP contribution in [-0.2, 0) is 16.1 Å². The van der Waals surface area contributed by atoms with Gasteiger partial charge in [-0.1, -0.05) is 6.07 Å². The Morgan fingerprint density at radius 3 is 2.84 bits per heavy atom. The maximum atomic E-state index is 11.8. The number of carboxylic acids is 1. The molecule has 1 unspecified atom stereocenters. The highest BCUT2D eigenvalue weighted by atomic mass is 16.5. The Hall–Kier alpha value is -1.95. The van der Waals surface area contributed by atoms with E-state index in [0.29, 0.717) is 13.2 Å². The molecule has 19 heavy (non-hydrogen) atoms. The third-order valence-electron chi connectivity index (χ3n) is 2.98. The molecular weight excluding hydrogens is 248 g/mol. The zero-order valence-electron chi connectivity index (χ0n) is 10.5. The van der Waals surface area contributed by atoms with Crippen molar-refractivity contribution in [3.05, 3.63) is 29.6 Å². The van der Waals surface area contributed by atoms with E-state index in [1.807, 2.05) is 0 Å². The molecule has 0 bridgehead atoms. The fourth-order valence-corrected chi connectivity index (χ4v) is 1.91. The van der Waals surface area contributed by atoms with E-state index in [0.717, 1.165) is 24.8 Å². The van der Waals surface area contributed by atoms with Crippen LogP contribution in [0.25, 0.3) is 0 Å². The highest BCUT2D eigenvalue weighted by Gasteiger charge is 2.21. The molecule has 2 heterocycles. The van der Waals surface area contributed by atoms with E-state index in [-0.39, 0.29) is 17.7 Å². The number of rotatable bonds is 4. The Bertz CT molecular complexity index is 452. The fraction of sp³-hybridized carbons (Fsp3) is 0.462. The molecule has 102 valence electrons. The van der Waals surface area contributed by atoms with Crippen LogP contribution in [0.15, 0.2) is 18.3 Å². The largest absolute Gasteiger partial charge is 0.477 e. The van der Waals surface area contributed by atoms with Gasteiger partial charge in [-0.15, -0.1) is 0 Å². The number of carbonyl (C=O) groups excluding carboxylic acids is 1. The minimum absolute atomic E-state index is 0.00862. The van der Waals surface area contributed by atoms with Crippen molar-refractivity contribution in [1.29, 1.82) is 0 Å². The van der Waals surface area contributed by atoms with Gasteiger partial charge in [-0.2, -0.15) is 0 Å². The first kappa shape index (κ1) is 13.5. The fourth-order valence-electron chi connectivity index (χ4n) is 1.91. The normalized spacial score (nSPS) is 18.8. The lowest BCUT2D eigenvalue weighted by Gasteiger charge is -2.21. The summed E-state index contributed by atoms with van der Waals surface area (Å²) in [5, 5.41) is 11.5. The van der Waals surface area contributed by atoms with Crippen LogP contribution in [0, 0.1) is 0 Å². The maximum Gasteiger partial charge on any atom is 0.354 e. The molecule has 0 aromatic carbocycles. The van der Waals surface area contributed by atoms with Gasteiger partial charge >= 0.3 is 5.97 Å². The zero-order chi connectivity index (χ0) is 13.7. The monoisotopic (exact) mass is 264 g/mol. The molecule has 1 aromatic rings. The van der Waals surface area contributed by atoms with Crippen molar-refractivity contribution in [2.45, 2.75) is 31.9 Å². The minimum Gasteiger partial charge on any atom is -0.477 e. The number of ether oxygens (including phenoxy) is 1. The lowest BCUT2D eigenvalue weighted by molar-refractivity contribution is -0.135. The smallest absolute Gasteiger partial charge is 0.354 e. The van der Waals surface area contributed by atoms with Crippen molar-refractivity contribution in [2.24, 2.45) is 0 Å². The van der Waals surface area contributed by atoms with Crippen LogP contribution >= 0.6 is 0 Å². The van der Waals surface area contributed by atoms with Gasteiger partial charge < -0.3 is 15.2 Å². The molecule has 1 fully saturated rings. The number of carbonyl (C=O) groups is 2. The lowest BCUT2D eigenvalue weighted by Crippen LogP contribution is -2.38. The van der Waals surface area contributed by atoms with E-state index in [4.69, 9.17) is 9.84 Å². The van der Waals surface area contributed by atoms with Gasteiger partial charge in [-0.25, -0.2) is 9.78 Å². The molecule has 1 aromatic heterocycles. The van der Waals surface area contributed by atoms with Gasteiger partial charge in [0.05, 0.1) is 0 Å². The zero-order valence-corrected chi connectivity index (χ0v) is 10.5. The van der Waals surface area contributed by atoms with Crippen molar-refractivity contribution < 1.29 is 19.4 Å². The number of hydrogen-bond donors (Lipinski definition) is 2. The second-order valence-electron chi connectivity index (χ2n) is 4.43. The van der Waals surface area contributed by atoms with Crippen molar-refractivity contribution in [3.8, 4) is 0 Å². The SMILES string of the molecule is O=C(O)c1ccc(CNC(=O)C2CCCCO2)cn1. The summed E-state index contributed by atoms with van der Waals surface area (Å²) in [5.74, 6) is -1.19. The molecule has 2 rings (SSSR count). The standard InChI is InChI=1S/C13H16N2O4/c16-12(11-3-1-2-6-19-11)15-8-9-4-5-10(13(17)18)14-7-9/h4-5,7,11H,1-3,6,8H2,(H,15,16)(H,17,18). The summed E-state index contributed by atoms with van der Waals surface area (Å²) >= 11 is 0. The number of carboxylic acid groups (broad SMARTS) is 1. The van der Waals surface area contributed by atoms with Crippen molar-refractivity contribution in [1.82, 2.24) is 10.3 Å². The summed E-state index contributed by atoms with van der Waals surface area (Å²) < 4.78 is 5.37. The average molecular weight is 264 g/mol. The Kier molecular flexibility index (Phi) is 4.46. The Balaban J connectivity index is 1.84. The van der Waals surface area contributed by atoms with Gasteiger partial charge in [0.2, 0.25) is 5.91 Å². The number of hydrogen-bond acceptors (Lipinski definition) is 4. The van der Waals surface area contributed by atoms with Gasteiger partial charge in [0, 0.05) is 19.3 Å². The van der Waals surface area contributed by atoms with Crippen LogP contribution < -0.4 is 5.32 Å². The third kappa shape index (κ3) is 3.75. The van der Waals surface area contributed by atoms with E-state index in [2.05, 4.69) is 10.3 Å². The summed E-state index contributed by atoms with van der Waals surface area (Å²) in [7, 11) is 0. The van der Waals surface area contributed by atoms with Crippen molar-refractivity contribution in [3.63, 3.8) is 0 Å². The molecule has 1 aliphatic rings. The summed E-state index contributed by atoms with van der Waals surface area (Å²) in [5.41, 5.74) is 0.750. The highest BCUT2D eigenvalue weighted by Crippen LogP contribution is 2.12. The topological polar surface area (TPSA) is 88.5 Å². The van der Waals surface area contributed by atoms with Crippen LogP contribution in [0.5, 0.6) is 0 Å². The predicted octanol–water partition coefficient (Wildman–Crippen LogP) is 0.965. The minimum atomic E-state index is -1.06. The van der Waals surface area contributed by atoms with E-state index in [9.17, 15) is 9.59 Å². The molecule has 0 aliphatic carbocycles. The molecule has 2 N–H and O–H groups in total. The quantitative estimate of drug-likeness (QED) is 0.845. The first-order chi connectivity index (χ1) is 9.16. The molecule has 1 aliphatic heterocycles. The van der Waals surface area contributed by atoms with E-state index < -0.39 is 5.97 Å². The first-order valence-electron chi connectivity index (χ1n) is 6.24. The van der Waals surface area contributed by atoms with Gasteiger partial charge in [0.25, 0.3) is 0 Å². The maximum absolute atomic E-state index is 11.8. The molecule has 6 heteroatoms. The molecule has 0 radical (unpaired) electrons. The Labute approximate surface area is 110 Å². The van der Waals surface area contributed by atoms with Gasteiger partial charge in [-0.3, -0.25) is 4.79 Å². The predicted molar refractivity (Wildman–Crippen MR) is 66.6 cm³/mol. The Morgan fingerprint density at radius 2 is 2.26 bits per heavy atom. The summed E-state index contributed by atoms with van der Waals surface area (Å²) in [6, 6.07) is 3.05. The summed E-state index contributed by atoms with van der Waals surface area (Å²) in [6.07, 6.45) is 3.85. The number of nitrogens with zero attached hydrogens (tertiary/aromatic N) is 1. The average Bonchev–Trinajstić information content (AvgIpc) is 2.46. The number of aromatic carboxylic acids is 1. The molecule has 1 amide bonds. The van der Waals surface area contributed by atoms with Crippen LogP contribution in [-0.4, -0.2) is 34.7 Å². The van der Waals surface area contributed by atoms with Crippen molar-refractivity contribution in [2.75, 3.05) is 6.61 Å². The molecular formula is C13H16N2O4. The number of amides is 1. The highest BCUT2D eigenvalue weighted by molar-refractivity contribution is 5.85. The second-order valence-corrected chi connectivity index (χ2v) is 4.43. The van der Waals surface area contributed by atoms with Crippen LogP contribution in [0.1, 0.15) is 35.3 Å². The lowest BCUT2D eigenvalue weighted by atomic mass is 10.1. The van der Waals surface area contributed by atoms with Crippen molar-refractivity contribution >= 4 is 11.9 Å². The molecule has 0 spiro atoms. The number of nitrogens with one attached hydrogen (secondary N) is 1. The molecule has 1 atom stereocenters. The van der Waals surface area contributed by atoms with Crippen LogP contribution in [0.3, 0.4) is 0 Å². The van der Waals surface area contributed by atoms with E-state index in [1.54, 1.807) is 6.07 Å². The van der Waals surface area contributed by atoms with Crippen LogP contribution in [0.2, 0.25) is 0 Å². The molecule has 0 saturated carbocycles. The summed E-state index contributed by atoms with van der Waals surface area (Å²) in [6.45, 7) is 0.957. The first-order valence-corrected chi connectivity index (χ1v) is 6.24. The van der Waals surface area contributed by atoms with Crippen LogP contribution in [0.4, 0.5) is 0 Å². The Morgan fingerprint density at radius 1 is 1.42 bits per heavy atom. The second kappa shape index (κ2) is 6.29. The molecule has 1 saturated heterocycles. The third-order valence-corrected chi connectivity index (χ3v) is 2.98. The van der Waals surface area contributed by atoms with Gasteiger partial charge in [0.15, 0.2) is 0 Å². The number of pyridine rings is 1. The van der Waals surface area contributed by atoms with Gasteiger partial charge in [0.1, 0.15) is 11.8 Å². The van der Waals surface area contributed by atoms with E-state index in [1.165, 1.54) is 12.3 Å². The van der Waals surface area contributed by atoms with Gasteiger partial charge in [-0.05, 0) is 30.9 Å². The van der Waals surface area contributed by atoms with E-state index >= 15 is 0 Å².